The van der Waals surface area contributed by atoms with Crippen LogP contribution in [0, 0.1) is 0 Å². The summed E-state index contributed by atoms with van der Waals surface area (Å²) < 4.78 is 9.73. The molecule has 15 heavy (non-hydrogen) atoms. The molecule has 0 bridgehead atoms. The fourth-order valence-corrected chi connectivity index (χ4v) is 0.950. The summed E-state index contributed by atoms with van der Waals surface area (Å²) in [5, 5.41) is 2.48. The molecule has 0 fully saturated rings. The maximum atomic E-state index is 11.1. The van der Waals surface area contributed by atoms with E-state index < -0.39 is 5.97 Å². The van der Waals surface area contributed by atoms with Crippen LogP contribution in [-0.4, -0.2) is 38.2 Å². The van der Waals surface area contributed by atoms with E-state index >= 15 is 0 Å². The molecule has 0 rings (SSSR count). The van der Waals surface area contributed by atoms with Crippen molar-refractivity contribution in [3.8, 4) is 0 Å². The maximum Gasteiger partial charge on any atom is 0.325 e. The first-order valence-electron chi connectivity index (χ1n) is 5.20. The minimum atomic E-state index is -0.407. The smallest absolute Gasteiger partial charge is 0.325 e. The zero-order valence-corrected chi connectivity index (χ0v) is 9.38. The first-order valence-corrected chi connectivity index (χ1v) is 5.20. The van der Waals surface area contributed by atoms with Gasteiger partial charge in [-0.25, -0.2) is 0 Å². The Labute approximate surface area is 90.1 Å². The highest BCUT2D eigenvalue weighted by atomic mass is 16.5. The quantitative estimate of drug-likeness (QED) is 0.474. The van der Waals surface area contributed by atoms with Crippen LogP contribution in [0.4, 0.5) is 0 Å². The second-order valence-corrected chi connectivity index (χ2v) is 2.88. The van der Waals surface area contributed by atoms with Gasteiger partial charge in [0, 0.05) is 19.6 Å². The highest BCUT2D eigenvalue weighted by Crippen LogP contribution is 1.90. The standard InChI is InChI=1S/C10H19NO4/c1-3-14-7-5-6-9(12)11-8-10(13)15-4-2/h3-8H2,1-2H3,(H,11,12). The number of carbonyl (C=O) groups excluding carboxylic acids is 2. The topological polar surface area (TPSA) is 64.6 Å². The second-order valence-electron chi connectivity index (χ2n) is 2.88. The van der Waals surface area contributed by atoms with Gasteiger partial charge in [0.15, 0.2) is 0 Å². The van der Waals surface area contributed by atoms with Crippen molar-refractivity contribution in [1.29, 1.82) is 0 Å². The van der Waals surface area contributed by atoms with Gasteiger partial charge in [0.25, 0.3) is 0 Å². The van der Waals surface area contributed by atoms with Gasteiger partial charge in [-0.1, -0.05) is 0 Å². The van der Waals surface area contributed by atoms with Crippen LogP contribution in [0.2, 0.25) is 0 Å². The van der Waals surface area contributed by atoms with Crippen LogP contribution in [-0.2, 0) is 19.1 Å². The van der Waals surface area contributed by atoms with Crippen LogP contribution < -0.4 is 5.32 Å². The lowest BCUT2D eigenvalue weighted by atomic mass is 10.3. The van der Waals surface area contributed by atoms with Crippen molar-refractivity contribution >= 4 is 11.9 Å². The molecule has 0 spiro atoms. The fourth-order valence-electron chi connectivity index (χ4n) is 0.950. The van der Waals surface area contributed by atoms with E-state index in [4.69, 9.17) is 4.74 Å². The van der Waals surface area contributed by atoms with Crippen molar-refractivity contribution in [2.24, 2.45) is 0 Å². The van der Waals surface area contributed by atoms with E-state index in [-0.39, 0.29) is 12.5 Å². The van der Waals surface area contributed by atoms with Crippen LogP contribution in [0.3, 0.4) is 0 Å². The van der Waals surface area contributed by atoms with Gasteiger partial charge in [-0.05, 0) is 20.3 Å². The Morgan fingerprint density at radius 3 is 2.53 bits per heavy atom. The SMILES string of the molecule is CCOCCCC(=O)NCC(=O)OCC. The van der Waals surface area contributed by atoms with Crippen LogP contribution in [0.5, 0.6) is 0 Å². The second kappa shape index (κ2) is 9.45. The van der Waals surface area contributed by atoms with Gasteiger partial charge in [0.2, 0.25) is 5.91 Å². The molecule has 0 unspecified atom stereocenters. The highest BCUT2D eigenvalue weighted by Gasteiger charge is 2.05. The van der Waals surface area contributed by atoms with E-state index in [9.17, 15) is 9.59 Å². The average molecular weight is 217 g/mol. The van der Waals surface area contributed by atoms with Gasteiger partial charge in [0.05, 0.1) is 6.61 Å². The van der Waals surface area contributed by atoms with Gasteiger partial charge < -0.3 is 14.8 Å². The molecule has 0 aromatic rings. The Hall–Kier alpha value is -1.10. The Bertz CT molecular complexity index is 194. The van der Waals surface area contributed by atoms with E-state index in [0.29, 0.717) is 32.7 Å². The molecule has 0 aliphatic heterocycles. The minimum Gasteiger partial charge on any atom is -0.465 e. The van der Waals surface area contributed by atoms with Crippen LogP contribution in [0.1, 0.15) is 26.7 Å². The number of carbonyl (C=O) groups is 2. The lowest BCUT2D eigenvalue weighted by Gasteiger charge is -2.04. The largest absolute Gasteiger partial charge is 0.465 e. The van der Waals surface area contributed by atoms with Crippen LogP contribution >= 0.6 is 0 Å². The summed E-state index contributed by atoms with van der Waals surface area (Å²) in [6.07, 6.45) is 1.04. The van der Waals surface area contributed by atoms with E-state index in [2.05, 4.69) is 10.1 Å². The molecule has 0 saturated carbocycles. The van der Waals surface area contributed by atoms with Crippen molar-refractivity contribution in [1.82, 2.24) is 5.32 Å². The van der Waals surface area contributed by atoms with Crippen molar-refractivity contribution in [2.75, 3.05) is 26.4 Å². The molecule has 0 saturated heterocycles. The Kier molecular flexibility index (Phi) is 8.76. The van der Waals surface area contributed by atoms with Crippen molar-refractivity contribution < 1.29 is 19.1 Å². The van der Waals surface area contributed by atoms with Crippen molar-refractivity contribution in [3.05, 3.63) is 0 Å². The zero-order valence-electron chi connectivity index (χ0n) is 9.38. The summed E-state index contributed by atoms with van der Waals surface area (Å²) in [7, 11) is 0. The summed E-state index contributed by atoms with van der Waals surface area (Å²) >= 11 is 0. The molecule has 0 aromatic carbocycles. The third-order valence-corrected chi connectivity index (χ3v) is 1.63. The lowest BCUT2D eigenvalue weighted by molar-refractivity contribution is -0.143. The first kappa shape index (κ1) is 13.9. The highest BCUT2D eigenvalue weighted by molar-refractivity contribution is 5.81. The van der Waals surface area contributed by atoms with Gasteiger partial charge in [-0.2, -0.15) is 0 Å². The molecule has 0 aromatic heterocycles. The molecular formula is C10H19NO4. The Balaban J connectivity index is 3.36. The average Bonchev–Trinajstić information content (AvgIpc) is 2.22. The predicted molar refractivity (Wildman–Crippen MR) is 55.4 cm³/mol. The number of hydrogen-bond acceptors (Lipinski definition) is 4. The molecule has 0 aliphatic carbocycles. The molecule has 0 radical (unpaired) electrons. The molecule has 5 heteroatoms. The summed E-state index contributed by atoms with van der Waals surface area (Å²) in [5.74, 6) is -0.557. The number of amides is 1. The molecule has 0 heterocycles. The third kappa shape index (κ3) is 9.21. The summed E-state index contributed by atoms with van der Waals surface area (Å²) in [4.78, 5) is 22.0. The summed E-state index contributed by atoms with van der Waals surface area (Å²) in [5.41, 5.74) is 0. The maximum absolute atomic E-state index is 11.1. The molecule has 0 atom stereocenters. The molecular weight excluding hydrogens is 198 g/mol. The van der Waals surface area contributed by atoms with E-state index in [1.54, 1.807) is 6.92 Å². The summed E-state index contributed by atoms with van der Waals surface area (Å²) in [6, 6.07) is 0. The normalized spacial score (nSPS) is 9.73. The zero-order chi connectivity index (χ0) is 11.5. The van der Waals surface area contributed by atoms with Gasteiger partial charge in [0.1, 0.15) is 6.54 Å². The minimum absolute atomic E-state index is 0.0543. The number of ether oxygens (including phenoxy) is 2. The van der Waals surface area contributed by atoms with Crippen LogP contribution in [0.15, 0.2) is 0 Å². The Morgan fingerprint density at radius 2 is 1.93 bits per heavy atom. The monoisotopic (exact) mass is 217 g/mol. The van der Waals surface area contributed by atoms with E-state index in [1.807, 2.05) is 6.92 Å². The van der Waals surface area contributed by atoms with Crippen molar-refractivity contribution in [3.63, 3.8) is 0 Å². The predicted octanol–water partition coefficient (Wildman–Crippen LogP) is 0.482. The van der Waals surface area contributed by atoms with Gasteiger partial charge >= 0.3 is 5.97 Å². The number of esters is 1. The Morgan fingerprint density at radius 1 is 1.20 bits per heavy atom. The van der Waals surface area contributed by atoms with Crippen molar-refractivity contribution in [2.45, 2.75) is 26.7 Å². The number of rotatable bonds is 8. The van der Waals surface area contributed by atoms with Crippen LogP contribution in [0.25, 0.3) is 0 Å². The van der Waals surface area contributed by atoms with E-state index in [0.717, 1.165) is 0 Å². The molecule has 0 aliphatic rings. The number of nitrogens with one attached hydrogen (secondary N) is 1. The molecule has 88 valence electrons. The number of hydrogen-bond donors (Lipinski definition) is 1. The molecule has 1 amide bonds. The molecule has 1 N–H and O–H groups in total. The van der Waals surface area contributed by atoms with Gasteiger partial charge in [-0.15, -0.1) is 0 Å². The molecule has 5 nitrogen and oxygen atoms in total. The first-order chi connectivity index (χ1) is 7.20. The van der Waals surface area contributed by atoms with Gasteiger partial charge in [-0.3, -0.25) is 9.59 Å². The van der Waals surface area contributed by atoms with E-state index in [1.165, 1.54) is 0 Å². The third-order valence-electron chi connectivity index (χ3n) is 1.63. The summed E-state index contributed by atoms with van der Waals surface area (Å²) in [6.45, 7) is 5.14. The lowest BCUT2D eigenvalue weighted by Crippen LogP contribution is -2.30. The fraction of sp³-hybridized carbons (Fsp3) is 0.800.